The van der Waals surface area contributed by atoms with Crippen molar-refractivity contribution in [1.29, 1.82) is 0 Å². The van der Waals surface area contributed by atoms with Crippen LogP contribution in [0.4, 0.5) is 14.5 Å². The maximum Gasteiger partial charge on any atom is 0.244 e. The lowest BCUT2D eigenvalue weighted by molar-refractivity contribution is -0.139. The van der Waals surface area contributed by atoms with Gasteiger partial charge >= 0.3 is 0 Å². The number of nitrogens with one attached hydrogen (secondary N) is 1. The lowest BCUT2D eigenvalue weighted by Gasteiger charge is -2.32. The summed E-state index contributed by atoms with van der Waals surface area (Å²) in [5, 5.41) is 3.15. The van der Waals surface area contributed by atoms with E-state index in [1.165, 1.54) is 11.8 Å². The highest BCUT2D eigenvalue weighted by molar-refractivity contribution is 7.92. The molecule has 2 aromatic rings. The van der Waals surface area contributed by atoms with Crippen LogP contribution in [-0.4, -0.2) is 50.0 Å². The first-order chi connectivity index (χ1) is 15.3. The SMILES string of the molecule is CC(C)NC(=O)[C@H](C)N(Cc1cccc(Cl)c1)C(=O)CN(c1ccc(F)c(F)c1)S(C)(=O)=O. The standard InChI is InChI=1S/C22H26ClF2N3O4S/c1-14(2)26-22(30)15(3)27(12-16-6-5-7-17(23)10-16)21(29)13-28(33(4,31)32)18-8-9-19(24)20(25)11-18/h5-11,14-15H,12-13H2,1-4H3,(H,26,30)/t15-/m0/s1. The van der Waals surface area contributed by atoms with Gasteiger partial charge in [-0.25, -0.2) is 17.2 Å². The highest BCUT2D eigenvalue weighted by atomic mass is 35.5. The summed E-state index contributed by atoms with van der Waals surface area (Å²) in [5.74, 6) is -3.55. The number of carbonyl (C=O) groups excluding carboxylic acids is 2. The van der Waals surface area contributed by atoms with Crippen molar-refractivity contribution in [1.82, 2.24) is 10.2 Å². The van der Waals surface area contributed by atoms with E-state index >= 15 is 0 Å². The van der Waals surface area contributed by atoms with E-state index in [0.717, 1.165) is 18.4 Å². The smallest absolute Gasteiger partial charge is 0.244 e. The van der Waals surface area contributed by atoms with Crippen LogP contribution in [0.3, 0.4) is 0 Å². The van der Waals surface area contributed by atoms with E-state index in [1.54, 1.807) is 38.1 Å². The molecular formula is C22H26ClF2N3O4S. The van der Waals surface area contributed by atoms with Crippen LogP contribution in [0.15, 0.2) is 42.5 Å². The molecule has 1 N–H and O–H groups in total. The first-order valence-corrected chi connectivity index (χ1v) is 12.3. The Bertz CT molecular complexity index is 1130. The summed E-state index contributed by atoms with van der Waals surface area (Å²) in [7, 11) is -4.05. The van der Waals surface area contributed by atoms with E-state index in [2.05, 4.69) is 5.32 Å². The summed E-state index contributed by atoms with van der Waals surface area (Å²) in [5.41, 5.74) is 0.408. The van der Waals surface area contributed by atoms with Crippen molar-refractivity contribution in [2.75, 3.05) is 17.1 Å². The van der Waals surface area contributed by atoms with E-state index in [0.29, 0.717) is 21.0 Å². The van der Waals surface area contributed by atoms with Crippen molar-refractivity contribution in [3.8, 4) is 0 Å². The van der Waals surface area contributed by atoms with Crippen LogP contribution >= 0.6 is 11.6 Å². The van der Waals surface area contributed by atoms with Crippen LogP contribution in [0, 0.1) is 11.6 Å². The van der Waals surface area contributed by atoms with Gasteiger partial charge in [-0.1, -0.05) is 23.7 Å². The van der Waals surface area contributed by atoms with E-state index in [1.807, 2.05) is 0 Å². The molecule has 1 atom stereocenters. The van der Waals surface area contributed by atoms with Gasteiger partial charge in [0.25, 0.3) is 0 Å². The number of amides is 2. The largest absolute Gasteiger partial charge is 0.352 e. The molecule has 0 saturated heterocycles. The Kier molecular flexibility index (Phi) is 8.79. The van der Waals surface area contributed by atoms with Gasteiger partial charge in [-0.3, -0.25) is 13.9 Å². The number of sulfonamides is 1. The molecule has 7 nitrogen and oxygen atoms in total. The van der Waals surface area contributed by atoms with Crippen molar-refractivity contribution < 1.29 is 26.8 Å². The van der Waals surface area contributed by atoms with Crippen LogP contribution in [0.25, 0.3) is 0 Å². The van der Waals surface area contributed by atoms with Crippen molar-refractivity contribution >= 4 is 39.1 Å². The molecule has 180 valence electrons. The predicted octanol–water partition coefficient (Wildman–Crippen LogP) is 3.33. The Morgan fingerprint density at radius 1 is 1.06 bits per heavy atom. The van der Waals surface area contributed by atoms with Gasteiger partial charge < -0.3 is 10.2 Å². The van der Waals surface area contributed by atoms with E-state index in [4.69, 9.17) is 11.6 Å². The third kappa shape index (κ3) is 7.40. The Labute approximate surface area is 197 Å². The second-order valence-electron chi connectivity index (χ2n) is 7.86. The first kappa shape index (κ1) is 26.5. The molecule has 0 heterocycles. The number of carbonyl (C=O) groups is 2. The molecule has 2 amide bonds. The van der Waals surface area contributed by atoms with Gasteiger partial charge in [0.1, 0.15) is 12.6 Å². The quantitative estimate of drug-likeness (QED) is 0.571. The van der Waals surface area contributed by atoms with Gasteiger partial charge in [0, 0.05) is 23.7 Å². The highest BCUT2D eigenvalue weighted by Gasteiger charge is 2.30. The molecule has 2 rings (SSSR count). The number of hydrogen-bond acceptors (Lipinski definition) is 4. The summed E-state index contributed by atoms with van der Waals surface area (Å²) in [6.07, 6.45) is 0.845. The van der Waals surface area contributed by atoms with Gasteiger partial charge in [-0.2, -0.15) is 0 Å². The third-order valence-electron chi connectivity index (χ3n) is 4.71. The number of benzene rings is 2. The fourth-order valence-electron chi connectivity index (χ4n) is 3.07. The Hall–Kier alpha value is -2.72. The molecule has 0 spiro atoms. The van der Waals surface area contributed by atoms with Gasteiger partial charge in [0.15, 0.2) is 11.6 Å². The fourth-order valence-corrected chi connectivity index (χ4v) is 4.13. The summed E-state index contributed by atoms with van der Waals surface area (Å²) in [6.45, 7) is 4.30. The lowest BCUT2D eigenvalue weighted by atomic mass is 10.1. The average Bonchev–Trinajstić information content (AvgIpc) is 2.70. The molecule has 2 aromatic carbocycles. The van der Waals surface area contributed by atoms with E-state index in [9.17, 15) is 26.8 Å². The first-order valence-electron chi connectivity index (χ1n) is 10.1. The second kappa shape index (κ2) is 10.9. The maximum atomic E-state index is 13.7. The van der Waals surface area contributed by atoms with E-state index < -0.39 is 46.1 Å². The zero-order valence-electron chi connectivity index (χ0n) is 18.7. The zero-order valence-corrected chi connectivity index (χ0v) is 20.3. The number of rotatable bonds is 9. The molecule has 11 heteroatoms. The molecule has 0 saturated carbocycles. The number of anilines is 1. The number of hydrogen-bond donors (Lipinski definition) is 1. The predicted molar refractivity (Wildman–Crippen MR) is 123 cm³/mol. The van der Waals surface area contributed by atoms with Crippen molar-refractivity contribution in [3.63, 3.8) is 0 Å². The Morgan fingerprint density at radius 3 is 2.27 bits per heavy atom. The molecule has 0 radical (unpaired) electrons. The molecule has 0 unspecified atom stereocenters. The van der Waals surface area contributed by atoms with Gasteiger partial charge in [0.05, 0.1) is 11.9 Å². The van der Waals surface area contributed by atoms with Gasteiger partial charge in [-0.05, 0) is 50.6 Å². The molecular weight excluding hydrogens is 476 g/mol. The van der Waals surface area contributed by atoms with Gasteiger partial charge in [0.2, 0.25) is 21.8 Å². The highest BCUT2D eigenvalue weighted by Crippen LogP contribution is 2.22. The summed E-state index contributed by atoms with van der Waals surface area (Å²) < 4.78 is 52.5. The van der Waals surface area contributed by atoms with E-state index in [-0.39, 0.29) is 18.3 Å². The Morgan fingerprint density at radius 2 is 1.73 bits per heavy atom. The molecule has 0 aromatic heterocycles. The third-order valence-corrected chi connectivity index (χ3v) is 6.09. The molecule has 0 aliphatic rings. The molecule has 33 heavy (non-hydrogen) atoms. The summed E-state index contributed by atoms with van der Waals surface area (Å²) in [4.78, 5) is 27.1. The maximum absolute atomic E-state index is 13.7. The molecule has 0 bridgehead atoms. The van der Waals surface area contributed by atoms with Crippen LogP contribution in [0.1, 0.15) is 26.3 Å². The number of nitrogens with zero attached hydrogens (tertiary/aromatic N) is 2. The zero-order chi connectivity index (χ0) is 24.9. The summed E-state index contributed by atoms with van der Waals surface area (Å²) >= 11 is 6.03. The number of halogens is 3. The topological polar surface area (TPSA) is 86.8 Å². The van der Waals surface area contributed by atoms with Crippen LogP contribution in [-0.2, 0) is 26.2 Å². The average molecular weight is 502 g/mol. The second-order valence-corrected chi connectivity index (χ2v) is 10.2. The molecule has 0 fully saturated rings. The minimum atomic E-state index is -4.05. The van der Waals surface area contributed by atoms with Crippen molar-refractivity contribution in [2.45, 2.75) is 39.4 Å². The van der Waals surface area contributed by atoms with Gasteiger partial charge in [-0.15, -0.1) is 0 Å². The van der Waals surface area contributed by atoms with Crippen LogP contribution in [0.2, 0.25) is 5.02 Å². The van der Waals surface area contributed by atoms with Crippen LogP contribution < -0.4 is 9.62 Å². The van der Waals surface area contributed by atoms with Crippen molar-refractivity contribution in [3.05, 3.63) is 64.7 Å². The fraction of sp³-hybridized carbons (Fsp3) is 0.364. The summed E-state index contributed by atoms with van der Waals surface area (Å²) in [6, 6.07) is 8.06. The minimum Gasteiger partial charge on any atom is -0.352 e. The molecule has 0 aliphatic heterocycles. The molecule has 0 aliphatic carbocycles. The lowest BCUT2D eigenvalue weighted by Crippen LogP contribution is -2.52. The minimum absolute atomic E-state index is 0.0263. The normalized spacial score (nSPS) is 12.4. The van der Waals surface area contributed by atoms with Crippen molar-refractivity contribution in [2.24, 2.45) is 0 Å². The van der Waals surface area contributed by atoms with Crippen LogP contribution in [0.5, 0.6) is 0 Å². The monoisotopic (exact) mass is 501 g/mol. The Balaban J connectivity index is 2.41.